The number of hydrogen-bond donors (Lipinski definition) is 2. The van der Waals surface area contributed by atoms with Gasteiger partial charge in [0.05, 0.1) is 6.04 Å². The standard InChI is InChI=1S/C10H22N2O2/c1-7(2)8(6-11)12(9(13)14)10(3,4)5/h7-8H,6,11H2,1-5H3,(H,13,14)/t8-/m0/s1. The van der Waals surface area contributed by atoms with Gasteiger partial charge in [-0.15, -0.1) is 0 Å². The van der Waals surface area contributed by atoms with E-state index in [1.807, 2.05) is 34.6 Å². The molecule has 4 nitrogen and oxygen atoms in total. The highest BCUT2D eigenvalue weighted by Gasteiger charge is 2.33. The second kappa shape index (κ2) is 4.64. The summed E-state index contributed by atoms with van der Waals surface area (Å²) in [4.78, 5) is 12.6. The van der Waals surface area contributed by atoms with Gasteiger partial charge in [0.15, 0.2) is 0 Å². The molecule has 84 valence electrons. The van der Waals surface area contributed by atoms with Gasteiger partial charge in [0.2, 0.25) is 0 Å². The number of carbonyl (C=O) groups is 1. The van der Waals surface area contributed by atoms with Gasteiger partial charge < -0.3 is 10.8 Å². The maximum atomic E-state index is 11.1. The lowest BCUT2D eigenvalue weighted by atomic mass is 9.96. The molecular weight excluding hydrogens is 180 g/mol. The van der Waals surface area contributed by atoms with Gasteiger partial charge in [0.25, 0.3) is 0 Å². The first-order chi connectivity index (χ1) is 6.21. The molecule has 0 fully saturated rings. The zero-order chi connectivity index (χ0) is 11.5. The molecule has 0 saturated carbocycles. The summed E-state index contributed by atoms with van der Waals surface area (Å²) in [5.74, 6) is 0.232. The summed E-state index contributed by atoms with van der Waals surface area (Å²) >= 11 is 0. The molecule has 14 heavy (non-hydrogen) atoms. The number of nitrogens with two attached hydrogens (primary N) is 1. The van der Waals surface area contributed by atoms with E-state index >= 15 is 0 Å². The Labute approximate surface area is 86.1 Å². The third kappa shape index (κ3) is 3.18. The Morgan fingerprint density at radius 1 is 1.43 bits per heavy atom. The van der Waals surface area contributed by atoms with Crippen LogP contribution in [-0.2, 0) is 0 Å². The molecule has 4 heteroatoms. The minimum Gasteiger partial charge on any atom is -0.465 e. The van der Waals surface area contributed by atoms with Gasteiger partial charge in [0, 0.05) is 12.1 Å². The van der Waals surface area contributed by atoms with Crippen molar-refractivity contribution in [3.05, 3.63) is 0 Å². The molecule has 0 heterocycles. The van der Waals surface area contributed by atoms with Gasteiger partial charge >= 0.3 is 6.09 Å². The third-order valence-corrected chi connectivity index (χ3v) is 2.27. The van der Waals surface area contributed by atoms with Crippen LogP contribution in [0.4, 0.5) is 4.79 Å². The van der Waals surface area contributed by atoms with E-state index in [1.165, 1.54) is 4.90 Å². The lowest BCUT2D eigenvalue weighted by molar-refractivity contribution is 0.0571. The average Bonchev–Trinajstić information content (AvgIpc) is 1.95. The first-order valence-electron chi connectivity index (χ1n) is 4.94. The fourth-order valence-electron chi connectivity index (χ4n) is 1.60. The van der Waals surface area contributed by atoms with Crippen LogP contribution < -0.4 is 5.73 Å². The molecule has 0 saturated heterocycles. The number of amides is 1. The van der Waals surface area contributed by atoms with Crippen molar-refractivity contribution >= 4 is 6.09 Å². The molecule has 0 aliphatic heterocycles. The summed E-state index contributed by atoms with van der Waals surface area (Å²) in [5.41, 5.74) is 5.20. The quantitative estimate of drug-likeness (QED) is 0.732. The van der Waals surface area contributed by atoms with Gasteiger partial charge in [-0.3, -0.25) is 4.90 Å². The van der Waals surface area contributed by atoms with Gasteiger partial charge in [-0.1, -0.05) is 13.8 Å². The normalized spacial score (nSPS) is 14.2. The van der Waals surface area contributed by atoms with Crippen molar-refractivity contribution < 1.29 is 9.90 Å². The minimum absolute atomic E-state index is 0.118. The molecule has 0 aliphatic carbocycles. The van der Waals surface area contributed by atoms with Crippen LogP contribution in [0.25, 0.3) is 0 Å². The van der Waals surface area contributed by atoms with Crippen LogP contribution in [0.3, 0.4) is 0 Å². The maximum Gasteiger partial charge on any atom is 0.408 e. The van der Waals surface area contributed by atoms with Crippen LogP contribution in [0.1, 0.15) is 34.6 Å². The molecule has 1 atom stereocenters. The second-order valence-electron chi connectivity index (χ2n) is 4.87. The molecule has 0 aromatic heterocycles. The summed E-state index contributed by atoms with van der Waals surface area (Å²) in [5, 5.41) is 9.13. The van der Waals surface area contributed by atoms with Gasteiger partial charge in [-0.05, 0) is 26.7 Å². The Kier molecular flexibility index (Phi) is 4.39. The Bertz CT molecular complexity index is 197. The van der Waals surface area contributed by atoms with E-state index in [0.717, 1.165) is 0 Å². The highest BCUT2D eigenvalue weighted by molar-refractivity contribution is 5.66. The van der Waals surface area contributed by atoms with Crippen LogP contribution in [-0.4, -0.2) is 34.2 Å². The highest BCUT2D eigenvalue weighted by Crippen LogP contribution is 2.21. The SMILES string of the molecule is CC(C)[C@H](CN)N(C(=O)O)C(C)(C)C. The fraction of sp³-hybridized carbons (Fsp3) is 0.900. The lowest BCUT2D eigenvalue weighted by Gasteiger charge is -2.41. The van der Waals surface area contributed by atoms with E-state index in [0.29, 0.717) is 6.54 Å². The third-order valence-electron chi connectivity index (χ3n) is 2.27. The summed E-state index contributed by atoms with van der Waals surface area (Å²) < 4.78 is 0. The van der Waals surface area contributed by atoms with Crippen molar-refractivity contribution in [2.75, 3.05) is 6.54 Å². The molecule has 0 aliphatic rings. The van der Waals surface area contributed by atoms with E-state index in [2.05, 4.69) is 0 Å². The highest BCUT2D eigenvalue weighted by atomic mass is 16.4. The number of carboxylic acid groups (broad SMARTS) is 1. The molecule has 1 amide bonds. The topological polar surface area (TPSA) is 66.6 Å². The Morgan fingerprint density at radius 2 is 1.86 bits per heavy atom. The largest absolute Gasteiger partial charge is 0.465 e. The first-order valence-corrected chi connectivity index (χ1v) is 4.94. The van der Waals surface area contributed by atoms with E-state index in [1.54, 1.807) is 0 Å². The molecule has 0 spiro atoms. The fourth-order valence-corrected chi connectivity index (χ4v) is 1.60. The van der Waals surface area contributed by atoms with Gasteiger partial charge in [0.1, 0.15) is 0 Å². The lowest BCUT2D eigenvalue weighted by Crippen LogP contribution is -2.55. The molecule has 3 N–H and O–H groups in total. The summed E-state index contributed by atoms with van der Waals surface area (Å²) in [7, 11) is 0. The van der Waals surface area contributed by atoms with E-state index in [4.69, 9.17) is 10.8 Å². The summed E-state index contributed by atoms with van der Waals surface area (Å²) in [6, 6.07) is -0.118. The van der Waals surface area contributed by atoms with E-state index in [-0.39, 0.29) is 12.0 Å². The van der Waals surface area contributed by atoms with Gasteiger partial charge in [-0.2, -0.15) is 0 Å². The number of hydrogen-bond acceptors (Lipinski definition) is 2. The number of rotatable bonds is 3. The minimum atomic E-state index is -0.901. The predicted octanol–water partition coefficient (Wildman–Crippen LogP) is 1.75. The zero-order valence-electron chi connectivity index (χ0n) is 9.74. The van der Waals surface area contributed by atoms with Crippen molar-refractivity contribution in [3.63, 3.8) is 0 Å². The molecule has 0 rings (SSSR count). The monoisotopic (exact) mass is 202 g/mol. The first kappa shape index (κ1) is 13.2. The van der Waals surface area contributed by atoms with E-state index in [9.17, 15) is 4.79 Å². The Balaban J connectivity index is 4.89. The van der Waals surface area contributed by atoms with Crippen LogP contribution in [0.2, 0.25) is 0 Å². The van der Waals surface area contributed by atoms with Crippen molar-refractivity contribution in [1.29, 1.82) is 0 Å². The Hall–Kier alpha value is -0.770. The smallest absolute Gasteiger partial charge is 0.408 e. The maximum absolute atomic E-state index is 11.1. The molecule has 0 aromatic rings. The molecule has 0 bridgehead atoms. The van der Waals surface area contributed by atoms with Crippen LogP contribution in [0.5, 0.6) is 0 Å². The molecule has 0 aromatic carbocycles. The van der Waals surface area contributed by atoms with E-state index < -0.39 is 11.6 Å². The van der Waals surface area contributed by atoms with Crippen molar-refractivity contribution in [3.8, 4) is 0 Å². The van der Waals surface area contributed by atoms with Crippen LogP contribution >= 0.6 is 0 Å². The van der Waals surface area contributed by atoms with Crippen LogP contribution in [0, 0.1) is 5.92 Å². The molecule has 0 radical (unpaired) electrons. The van der Waals surface area contributed by atoms with Crippen molar-refractivity contribution in [2.45, 2.75) is 46.2 Å². The predicted molar refractivity (Wildman–Crippen MR) is 57.3 cm³/mol. The van der Waals surface area contributed by atoms with Crippen LogP contribution in [0.15, 0.2) is 0 Å². The van der Waals surface area contributed by atoms with Crippen molar-refractivity contribution in [2.24, 2.45) is 11.7 Å². The Morgan fingerprint density at radius 3 is 1.93 bits per heavy atom. The van der Waals surface area contributed by atoms with Crippen molar-refractivity contribution in [1.82, 2.24) is 4.90 Å². The molecule has 0 unspecified atom stereocenters. The second-order valence-corrected chi connectivity index (χ2v) is 4.87. The average molecular weight is 202 g/mol. The zero-order valence-corrected chi connectivity index (χ0v) is 9.74. The van der Waals surface area contributed by atoms with Gasteiger partial charge in [-0.25, -0.2) is 4.79 Å². The number of nitrogens with zero attached hydrogens (tertiary/aromatic N) is 1. The molecular formula is C10H22N2O2. The summed E-state index contributed by atoms with van der Waals surface area (Å²) in [6.07, 6.45) is -0.901. The summed E-state index contributed by atoms with van der Waals surface area (Å²) in [6.45, 7) is 9.98.